The zero-order chi connectivity index (χ0) is 17.0. The fourth-order valence-electron chi connectivity index (χ4n) is 2.66. The zero-order valence-corrected chi connectivity index (χ0v) is 14.6. The van der Waals surface area contributed by atoms with E-state index in [0.29, 0.717) is 37.0 Å². The minimum absolute atomic E-state index is 0.0379. The lowest BCUT2D eigenvalue weighted by Gasteiger charge is -2.33. The number of hydrogen-bond donors (Lipinski definition) is 1. The summed E-state index contributed by atoms with van der Waals surface area (Å²) in [5.74, 6) is 0.275. The van der Waals surface area contributed by atoms with Crippen LogP contribution in [0.3, 0.4) is 0 Å². The van der Waals surface area contributed by atoms with E-state index in [9.17, 15) is 13.2 Å². The van der Waals surface area contributed by atoms with E-state index in [1.807, 2.05) is 12.1 Å². The highest BCUT2D eigenvalue weighted by molar-refractivity contribution is 7.89. The monoisotopic (exact) mass is 339 g/mol. The normalized spacial score (nSPS) is 18.0. The van der Waals surface area contributed by atoms with Crippen LogP contribution >= 0.6 is 0 Å². The van der Waals surface area contributed by atoms with E-state index in [1.54, 1.807) is 17.0 Å². The molecule has 1 fully saturated rings. The SMILES string of the molecule is CCC(C)c1ccc(S(=O)(=O)N2CCN(C(=O)CN)CC2)cc1. The smallest absolute Gasteiger partial charge is 0.243 e. The summed E-state index contributed by atoms with van der Waals surface area (Å²) in [5, 5.41) is 0. The van der Waals surface area contributed by atoms with Crippen molar-refractivity contribution in [3.05, 3.63) is 29.8 Å². The molecule has 2 rings (SSSR count). The maximum atomic E-state index is 12.7. The number of amides is 1. The van der Waals surface area contributed by atoms with E-state index in [1.165, 1.54) is 4.31 Å². The summed E-state index contributed by atoms with van der Waals surface area (Å²) in [5.41, 5.74) is 6.48. The molecule has 1 aromatic carbocycles. The molecule has 1 amide bonds. The Labute approximate surface area is 138 Å². The van der Waals surface area contributed by atoms with Gasteiger partial charge in [0, 0.05) is 26.2 Å². The summed E-state index contributed by atoms with van der Waals surface area (Å²) in [6.07, 6.45) is 1.02. The molecule has 1 atom stereocenters. The number of piperazine rings is 1. The van der Waals surface area contributed by atoms with Crippen LogP contribution in [0.4, 0.5) is 0 Å². The molecule has 0 radical (unpaired) electrons. The molecule has 1 heterocycles. The molecule has 1 aliphatic heterocycles. The first-order valence-electron chi connectivity index (χ1n) is 7.98. The molecular formula is C16H25N3O3S. The van der Waals surface area contributed by atoms with E-state index in [4.69, 9.17) is 5.73 Å². The van der Waals surface area contributed by atoms with Crippen molar-refractivity contribution in [1.29, 1.82) is 0 Å². The van der Waals surface area contributed by atoms with E-state index in [0.717, 1.165) is 12.0 Å². The van der Waals surface area contributed by atoms with Crippen molar-refractivity contribution in [3.63, 3.8) is 0 Å². The van der Waals surface area contributed by atoms with Gasteiger partial charge < -0.3 is 10.6 Å². The predicted octanol–water partition coefficient (Wildman–Crippen LogP) is 0.992. The Hall–Kier alpha value is -1.44. The average molecular weight is 339 g/mol. The highest BCUT2D eigenvalue weighted by Gasteiger charge is 2.29. The summed E-state index contributed by atoms with van der Waals surface area (Å²) in [4.78, 5) is 13.5. The van der Waals surface area contributed by atoms with Gasteiger partial charge in [-0.2, -0.15) is 4.31 Å². The number of hydrogen-bond acceptors (Lipinski definition) is 4. The lowest BCUT2D eigenvalue weighted by molar-refractivity contribution is -0.130. The average Bonchev–Trinajstić information content (AvgIpc) is 2.60. The Kier molecular flexibility index (Phi) is 5.78. The minimum Gasteiger partial charge on any atom is -0.339 e. The molecule has 0 aliphatic carbocycles. The predicted molar refractivity (Wildman–Crippen MR) is 89.5 cm³/mol. The van der Waals surface area contributed by atoms with E-state index < -0.39 is 10.0 Å². The molecule has 0 saturated carbocycles. The molecule has 23 heavy (non-hydrogen) atoms. The van der Waals surface area contributed by atoms with Crippen molar-refractivity contribution in [1.82, 2.24) is 9.21 Å². The van der Waals surface area contributed by atoms with Crippen molar-refractivity contribution in [3.8, 4) is 0 Å². The molecular weight excluding hydrogens is 314 g/mol. The summed E-state index contributed by atoms with van der Waals surface area (Å²) >= 11 is 0. The van der Waals surface area contributed by atoms with Crippen molar-refractivity contribution in [2.75, 3.05) is 32.7 Å². The zero-order valence-electron chi connectivity index (χ0n) is 13.7. The lowest BCUT2D eigenvalue weighted by atomic mass is 9.99. The van der Waals surface area contributed by atoms with Crippen molar-refractivity contribution >= 4 is 15.9 Å². The van der Waals surface area contributed by atoms with Gasteiger partial charge >= 0.3 is 0 Å². The highest BCUT2D eigenvalue weighted by Crippen LogP contribution is 2.23. The van der Waals surface area contributed by atoms with Crippen LogP contribution in [0.1, 0.15) is 31.7 Å². The van der Waals surface area contributed by atoms with Crippen molar-refractivity contribution in [2.45, 2.75) is 31.1 Å². The molecule has 6 nitrogen and oxygen atoms in total. The first-order chi connectivity index (χ1) is 10.9. The molecule has 128 valence electrons. The largest absolute Gasteiger partial charge is 0.339 e. The second kappa shape index (κ2) is 7.42. The lowest BCUT2D eigenvalue weighted by Crippen LogP contribution is -2.51. The fraction of sp³-hybridized carbons (Fsp3) is 0.562. The fourth-order valence-corrected chi connectivity index (χ4v) is 4.08. The van der Waals surface area contributed by atoms with Crippen molar-refractivity contribution < 1.29 is 13.2 Å². The van der Waals surface area contributed by atoms with Crippen LogP contribution < -0.4 is 5.73 Å². The third kappa shape index (κ3) is 3.91. The standard InChI is InChI=1S/C16H25N3O3S/c1-3-13(2)14-4-6-15(7-5-14)23(21,22)19-10-8-18(9-11-19)16(20)12-17/h4-7,13H,3,8-12,17H2,1-2H3. The van der Waals surface area contributed by atoms with Gasteiger partial charge in [0.25, 0.3) is 0 Å². The van der Waals surface area contributed by atoms with Crippen LogP contribution in [0.5, 0.6) is 0 Å². The molecule has 1 aliphatic rings. The maximum Gasteiger partial charge on any atom is 0.243 e. The Morgan fingerprint density at radius 1 is 1.17 bits per heavy atom. The van der Waals surface area contributed by atoms with Gasteiger partial charge in [0.05, 0.1) is 11.4 Å². The molecule has 0 bridgehead atoms. The van der Waals surface area contributed by atoms with Crippen molar-refractivity contribution in [2.24, 2.45) is 5.73 Å². The van der Waals surface area contributed by atoms with Crippen LogP contribution in [0, 0.1) is 0 Å². The minimum atomic E-state index is -3.50. The van der Waals surface area contributed by atoms with Gasteiger partial charge in [0.15, 0.2) is 0 Å². The third-order valence-electron chi connectivity index (χ3n) is 4.47. The van der Waals surface area contributed by atoms with E-state index in [-0.39, 0.29) is 12.5 Å². The Morgan fingerprint density at radius 2 is 1.74 bits per heavy atom. The molecule has 0 aromatic heterocycles. The molecule has 1 aromatic rings. The maximum absolute atomic E-state index is 12.7. The van der Waals surface area contributed by atoms with Crippen LogP contribution in [-0.2, 0) is 14.8 Å². The van der Waals surface area contributed by atoms with Gasteiger partial charge in [-0.05, 0) is 30.0 Å². The second-order valence-electron chi connectivity index (χ2n) is 5.87. The molecule has 0 spiro atoms. The van der Waals surface area contributed by atoms with Gasteiger partial charge in [-0.15, -0.1) is 0 Å². The Morgan fingerprint density at radius 3 is 2.22 bits per heavy atom. The third-order valence-corrected chi connectivity index (χ3v) is 6.38. The number of benzene rings is 1. The number of carbonyl (C=O) groups excluding carboxylic acids is 1. The molecule has 2 N–H and O–H groups in total. The molecule has 7 heteroatoms. The van der Waals surface area contributed by atoms with Gasteiger partial charge in [-0.25, -0.2) is 8.42 Å². The van der Waals surface area contributed by atoms with E-state index in [2.05, 4.69) is 13.8 Å². The Balaban J connectivity index is 2.09. The van der Waals surface area contributed by atoms with Gasteiger partial charge in [0.1, 0.15) is 0 Å². The number of rotatable bonds is 5. The Bertz CT molecular complexity index is 635. The molecule has 1 saturated heterocycles. The summed E-state index contributed by atoms with van der Waals surface area (Å²) < 4.78 is 26.8. The van der Waals surface area contributed by atoms with E-state index >= 15 is 0 Å². The summed E-state index contributed by atoms with van der Waals surface area (Å²) in [6, 6.07) is 7.12. The van der Waals surface area contributed by atoms with Crippen LogP contribution in [-0.4, -0.2) is 56.3 Å². The van der Waals surface area contributed by atoms with Gasteiger partial charge in [-0.1, -0.05) is 26.0 Å². The second-order valence-corrected chi connectivity index (χ2v) is 7.81. The van der Waals surface area contributed by atoms with Crippen LogP contribution in [0.25, 0.3) is 0 Å². The topological polar surface area (TPSA) is 83.7 Å². The quantitative estimate of drug-likeness (QED) is 0.867. The number of carbonyl (C=O) groups is 1. The van der Waals surface area contributed by atoms with Gasteiger partial charge in [-0.3, -0.25) is 4.79 Å². The van der Waals surface area contributed by atoms with Crippen LogP contribution in [0.2, 0.25) is 0 Å². The number of nitrogens with two attached hydrogens (primary N) is 1. The molecule has 1 unspecified atom stereocenters. The highest BCUT2D eigenvalue weighted by atomic mass is 32.2. The van der Waals surface area contributed by atoms with Gasteiger partial charge in [0.2, 0.25) is 15.9 Å². The summed E-state index contributed by atoms with van der Waals surface area (Å²) in [7, 11) is -3.50. The first-order valence-corrected chi connectivity index (χ1v) is 9.42. The summed E-state index contributed by atoms with van der Waals surface area (Å²) in [6.45, 7) is 5.58. The van der Waals surface area contributed by atoms with Crippen LogP contribution in [0.15, 0.2) is 29.2 Å². The first kappa shape index (κ1) is 17.9. The number of sulfonamides is 1. The number of nitrogens with zero attached hydrogens (tertiary/aromatic N) is 2.